The molecule has 4 heteroatoms. The first-order chi connectivity index (χ1) is 10.5. The zero-order valence-electron chi connectivity index (χ0n) is 12.9. The molecule has 0 aliphatic carbocycles. The molecule has 0 unspecified atom stereocenters. The van der Waals surface area contributed by atoms with Crippen molar-refractivity contribution in [3.05, 3.63) is 65.7 Å². The number of phenolic OH excluding ortho intramolecular Hbond substituents is 1. The van der Waals surface area contributed by atoms with Crippen molar-refractivity contribution >= 4 is 5.91 Å². The fourth-order valence-corrected chi connectivity index (χ4v) is 2.49. The molecule has 1 amide bonds. The number of benzene rings is 2. The number of aromatic hydroxyl groups is 1. The zero-order valence-corrected chi connectivity index (χ0v) is 12.9. The van der Waals surface area contributed by atoms with Crippen LogP contribution in [0, 0.1) is 0 Å². The lowest BCUT2D eigenvalue weighted by molar-refractivity contribution is -0.123. The minimum Gasteiger partial charge on any atom is -0.508 e. The molecule has 0 spiro atoms. The van der Waals surface area contributed by atoms with Gasteiger partial charge in [0.05, 0.1) is 18.6 Å². The molecule has 0 saturated carbocycles. The Morgan fingerprint density at radius 3 is 2.55 bits per heavy atom. The highest BCUT2D eigenvalue weighted by atomic mass is 16.5. The molecule has 2 aromatic carbocycles. The standard InChI is InChI=1S/C18H21NO3/c1-18(13-22-2,15-8-4-3-5-9-15)19-17(21)12-14-7-6-10-16(20)11-14/h3-11,20H,12-13H2,1-2H3,(H,19,21)/t18-/m1/s1. The van der Waals surface area contributed by atoms with Crippen molar-refractivity contribution in [2.24, 2.45) is 0 Å². The van der Waals surface area contributed by atoms with Crippen LogP contribution in [0.2, 0.25) is 0 Å². The smallest absolute Gasteiger partial charge is 0.225 e. The first-order valence-electron chi connectivity index (χ1n) is 7.17. The quantitative estimate of drug-likeness (QED) is 0.862. The van der Waals surface area contributed by atoms with Crippen LogP contribution in [-0.2, 0) is 21.5 Å². The molecule has 0 radical (unpaired) electrons. The summed E-state index contributed by atoms with van der Waals surface area (Å²) in [5.41, 5.74) is 1.16. The number of carbonyl (C=O) groups is 1. The summed E-state index contributed by atoms with van der Waals surface area (Å²) in [6.45, 7) is 2.31. The highest BCUT2D eigenvalue weighted by Gasteiger charge is 2.28. The van der Waals surface area contributed by atoms with E-state index >= 15 is 0 Å². The molecule has 2 rings (SSSR count). The lowest BCUT2D eigenvalue weighted by Gasteiger charge is -2.30. The molecular formula is C18H21NO3. The molecule has 116 valence electrons. The van der Waals surface area contributed by atoms with E-state index in [1.807, 2.05) is 43.3 Å². The number of rotatable bonds is 6. The van der Waals surface area contributed by atoms with E-state index in [0.29, 0.717) is 6.61 Å². The monoisotopic (exact) mass is 299 g/mol. The van der Waals surface area contributed by atoms with Gasteiger partial charge in [-0.05, 0) is 30.2 Å². The third-order valence-corrected chi connectivity index (χ3v) is 3.53. The molecule has 2 N–H and O–H groups in total. The third-order valence-electron chi connectivity index (χ3n) is 3.53. The van der Waals surface area contributed by atoms with Gasteiger partial charge in [0.2, 0.25) is 5.91 Å². The molecule has 0 fully saturated rings. The Morgan fingerprint density at radius 2 is 1.91 bits per heavy atom. The van der Waals surface area contributed by atoms with E-state index in [9.17, 15) is 9.90 Å². The molecule has 0 aliphatic heterocycles. The number of hydrogen-bond acceptors (Lipinski definition) is 3. The lowest BCUT2D eigenvalue weighted by atomic mass is 9.92. The Balaban J connectivity index is 2.12. The van der Waals surface area contributed by atoms with Gasteiger partial charge in [-0.15, -0.1) is 0 Å². The van der Waals surface area contributed by atoms with Crippen molar-refractivity contribution < 1.29 is 14.6 Å². The van der Waals surface area contributed by atoms with Crippen LogP contribution in [-0.4, -0.2) is 24.7 Å². The van der Waals surface area contributed by atoms with Gasteiger partial charge in [-0.1, -0.05) is 42.5 Å². The van der Waals surface area contributed by atoms with E-state index in [1.165, 1.54) is 0 Å². The van der Waals surface area contributed by atoms with Gasteiger partial charge < -0.3 is 15.2 Å². The van der Waals surface area contributed by atoms with Crippen molar-refractivity contribution in [3.8, 4) is 5.75 Å². The average Bonchev–Trinajstić information content (AvgIpc) is 2.48. The van der Waals surface area contributed by atoms with Crippen LogP contribution in [0.5, 0.6) is 5.75 Å². The van der Waals surface area contributed by atoms with Crippen molar-refractivity contribution in [1.82, 2.24) is 5.32 Å². The summed E-state index contributed by atoms with van der Waals surface area (Å²) in [6, 6.07) is 16.5. The van der Waals surface area contributed by atoms with Gasteiger partial charge >= 0.3 is 0 Å². The number of ether oxygens (including phenoxy) is 1. The minimum atomic E-state index is -0.593. The highest BCUT2D eigenvalue weighted by Crippen LogP contribution is 2.21. The van der Waals surface area contributed by atoms with Gasteiger partial charge in [0.25, 0.3) is 0 Å². The first kappa shape index (κ1) is 16.0. The predicted octanol–water partition coefficient (Wildman–Crippen LogP) is 2.61. The zero-order chi connectivity index (χ0) is 16.0. The van der Waals surface area contributed by atoms with Crippen LogP contribution in [0.1, 0.15) is 18.1 Å². The van der Waals surface area contributed by atoms with Crippen LogP contribution in [0.3, 0.4) is 0 Å². The second-order valence-corrected chi connectivity index (χ2v) is 5.53. The van der Waals surface area contributed by atoms with Crippen molar-refractivity contribution in [3.63, 3.8) is 0 Å². The molecule has 0 heterocycles. The fraction of sp³-hybridized carbons (Fsp3) is 0.278. The van der Waals surface area contributed by atoms with E-state index in [2.05, 4.69) is 5.32 Å². The van der Waals surface area contributed by atoms with Crippen LogP contribution >= 0.6 is 0 Å². The third kappa shape index (κ3) is 4.09. The Bertz CT molecular complexity index is 627. The number of carbonyl (C=O) groups excluding carboxylic acids is 1. The first-order valence-corrected chi connectivity index (χ1v) is 7.17. The van der Waals surface area contributed by atoms with E-state index < -0.39 is 5.54 Å². The van der Waals surface area contributed by atoms with Gasteiger partial charge in [-0.25, -0.2) is 0 Å². The Labute approximate surface area is 130 Å². The van der Waals surface area contributed by atoms with Crippen LogP contribution in [0.4, 0.5) is 0 Å². The van der Waals surface area contributed by atoms with Crippen molar-refractivity contribution in [2.75, 3.05) is 13.7 Å². The summed E-state index contributed by atoms with van der Waals surface area (Å²) >= 11 is 0. The second-order valence-electron chi connectivity index (χ2n) is 5.53. The summed E-state index contributed by atoms with van der Waals surface area (Å²) in [4.78, 5) is 12.3. The minimum absolute atomic E-state index is 0.117. The molecule has 0 aliphatic rings. The predicted molar refractivity (Wildman–Crippen MR) is 85.6 cm³/mol. The lowest BCUT2D eigenvalue weighted by Crippen LogP contribution is -2.47. The van der Waals surface area contributed by atoms with Crippen LogP contribution < -0.4 is 5.32 Å². The fourth-order valence-electron chi connectivity index (χ4n) is 2.49. The number of hydrogen-bond donors (Lipinski definition) is 2. The van der Waals surface area contributed by atoms with E-state index in [0.717, 1.165) is 11.1 Å². The van der Waals surface area contributed by atoms with Gasteiger partial charge in [-0.2, -0.15) is 0 Å². The summed E-state index contributed by atoms with van der Waals surface area (Å²) in [5, 5.41) is 12.5. The van der Waals surface area contributed by atoms with Gasteiger partial charge in [0.1, 0.15) is 5.75 Å². The summed E-state index contributed by atoms with van der Waals surface area (Å²) in [5.74, 6) is 0.0435. The normalized spacial score (nSPS) is 13.4. The second kappa shape index (κ2) is 7.09. The molecule has 0 bridgehead atoms. The van der Waals surface area contributed by atoms with Crippen molar-refractivity contribution in [1.29, 1.82) is 0 Å². The number of methoxy groups -OCH3 is 1. The highest BCUT2D eigenvalue weighted by molar-refractivity contribution is 5.79. The Morgan fingerprint density at radius 1 is 1.18 bits per heavy atom. The summed E-state index contributed by atoms with van der Waals surface area (Å²) < 4.78 is 5.28. The average molecular weight is 299 g/mol. The molecule has 1 atom stereocenters. The van der Waals surface area contributed by atoms with Gasteiger partial charge in [0.15, 0.2) is 0 Å². The maximum atomic E-state index is 12.3. The largest absolute Gasteiger partial charge is 0.508 e. The summed E-state index contributed by atoms with van der Waals surface area (Å²) in [6.07, 6.45) is 0.209. The summed E-state index contributed by atoms with van der Waals surface area (Å²) in [7, 11) is 1.61. The van der Waals surface area contributed by atoms with Crippen molar-refractivity contribution in [2.45, 2.75) is 18.9 Å². The molecule has 2 aromatic rings. The molecule has 0 saturated heterocycles. The Kier molecular flexibility index (Phi) is 5.17. The van der Waals surface area contributed by atoms with Gasteiger partial charge in [-0.3, -0.25) is 4.79 Å². The van der Waals surface area contributed by atoms with E-state index in [-0.39, 0.29) is 18.1 Å². The van der Waals surface area contributed by atoms with Crippen LogP contribution in [0.15, 0.2) is 54.6 Å². The number of nitrogens with one attached hydrogen (secondary N) is 1. The van der Waals surface area contributed by atoms with E-state index in [1.54, 1.807) is 25.3 Å². The topological polar surface area (TPSA) is 58.6 Å². The van der Waals surface area contributed by atoms with Gasteiger partial charge in [0, 0.05) is 7.11 Å². The van der Waals surface area contributed by atoms with E-state index in [4.69, 9.17) is 4.74 Å². The SMILES string of the molecule is COC[C@@](C)(NC(=O)Cc1cccc(O)c1)c1ccccc1. The molecular weight excluding hydrogens is 278 g/mol. The number of amides is 1. The number of phenols is 1. The molecule has 22 heavy (non-hydrogen) atoms. The molecule has 4 nitrogen and oxygen atoms in total. The van der Waals surface area contributed by atoms with Crippen LogP contribution in [0.25, 0.3) is 0 Å². The Hall–Kier alpha value is -2.33. The maximum absolute atomic E-state index is 12.3. The maximum Gasteiger partial charge on any atom is 0.225 e. The molecule has 0 aromatic heterocycles.